The number of phenolic OH excluding ortho intramolecular Hbond substituents is 1. The maximum Gasteiger partial charge on any atom is 0.116 e. The van der Waals surface area contributed by atoms with Gasteiger partial charge in [-0.3, -0.25) is 4.98 Å². The lowest BCUT2D eigenvalue weighted by Gasteiger charge is -2.14. The summed E-state index contributed by atoms with van der Waals surface area (Å²) < 4.78 is 0. The van der Waals surface area contributed by atoms with Crippen LogP contribution in [-0.4, -0.2) is 10.1 Å². The lowest BCUT2D eigenvalue weighted by atomic mass is 9.92. The topological polar surface area (TPSA) is 33.1 Å². The number of nitrogens with zero attached hydrogens (tertiary/aromatic N) is 1. The van der Waals surface area contributed by atoms with Crippen LogP contribution < -0.4 is 0 Å². The molecule has 0 unspecified atom stereocenters. The smallest absolute Gasteiger partial charge is 0.116 e. The van der Waals surface area contributed by atoms with Gasteiger partial charge in [0.05, 0.1) is 0 Å². The van der Waals surface area contributed by atoms with E-state index in [-0.39, 0.29) is 0 Å². The number of aryl methyl sites for hydroxylation is 2. The summed E-state index contributed by atoms with van der Waals surface area (Å²) in [5.41, 5.74) is 4.80. The third kappa shape index (κ3) is 2.31. The summed E-state index contributed by atoms with van der Waals surface area (Å²) in [6.45, 7) is 4.22. The number of benzene rings is 1. The first-order chi connectivity index (χ1) is 8.26. The normalized spacial score (nSPS) is 10.5. The van der Waals surface area contributed by atoms with Crippen molar-refractivity contribution < 1.29 is 5.11 Å². The molecular formula is C15H17NO. The molecule has 1 aromatic carbocycles. The average molecular weight is 227 g/mol. The Hall–Kier alpha value is -1.83. The second-order valence-corrected chi connectivity index (χ2v) is 4.08. The summed E-state index contributed by atoms with van der Waals surface area (Å²) in [7, 11) is 0. The Morgan fingerprint density at radius 1 is 1.00 bits per heavy atom. The van der Waals surface area contributed by atoms with Crippen molar-refractivity contribution in [3.05, 3.63) is 47.8 Å². The van der Waals surface area contributed by atoms with Crippen LogP contribution in [0.25, 0.3) is 11.1 Å². The van der Waals surface area contributed by atoms with Gasteiger partial charge in [0.25, 0.3) is 0 Å². The summed E-state index contributed by atoms with van der Waals surface area (Å²) in [6.07, 6.45) is 5.44. The van der Waals surface area contributed by atoms with Crippen molar-refractivity contribution in [3.8, 4) is 16.9 Å². The van der Waals surface area contributed by atoms with E-state index in [2.05, 4.69) is 18.8 Å². The molecule has 0 spiro atoms. The molecule has 0 atom stereocenters. The van der Waals surface area contributed by atoms with Gasteiger partial charge in [0, 0.05) is 12.4 Å². The molecule has 2 aromatic rings. The van der Waals surface area contributed by atoms with Gasteiger partial charge in [-0.25, -0.2) is 0 Å². The Labute approximate surface area is 102 Å². The van der Waals surface area contributed by atoms with Crippen molar-refractivity contribution in [2.45, 2.75) is 26.7 Å². The SMILES string of the molecule is CCc1cc(O)cc(CC)c1-c1ccncc1. The van der Waals surface area contributed by atoms with E-state index < -0.39 is 0 Å². The van der Waals surface area contributed by atoms with E-state index >= 15 is 0 Å². The Balaban J connectivity index is 2.66. The van der Waals surface area contributed by atoms with Gasteiger partial charge in [0.1, 0.15) is 5.75 Å². The Kier molecular flexibility index (Phi) is 3.43. The lowest BCUT2D eigenvalue weighted by Crippen LogP contribution is -1.94. The van der Waals surface area contributed by atoms with Crippen LogP contribution in [0.5, 0.6) is 5.75 Å². The highest BCUT2D eigenvalue weighted by Crippen LogP contribution is 2.31. The van der Waals surface area contributed by atoms with E-state index in [0.717, 1.165) is 12.8 Å². The molecule has 1 heterocycles. The largest absolute Gasteiger partial charge is 0.508 e. The van der Waals surface area contributed by atoms with Gasteiger partial charge >= 0.3 is 0 Å². The first-order valence-corrected chi connectivity index (χ1v) is 6.01. The number of phenols is 1. The quantitative estimate of drug-likeness (QED) is 0.869. The second kappa shape index (κ2) is 5.00. The van der Waals surface area contributed by atoms with E-state index in [0.29, 0.717) is 5.75 Å². The summed E-state index contributed by atoms with van der Waals surface area (Å²) in [6, 6.07) is 7.75. The van der Waals surface area contributed by atoms with Crippen LogP contribution in [0.3, 0.4) is 0 Å². The molecule has 0 radical (unpaired) electrons. The molecule has 1 N–H and O–H groups in total. The molecule has 0 aliphatic heterocycles. The molecule has 0 bridgehead atoms. The number of pyridine rings is 1. The minimum absolute atomic E-state index is 0.358. The Bertz CT molecular complexity index is 481. The van der Waals surface area contributed by atoms with Gasteiger partial charge in [0.15, 0.2) is 0 Å². The van der Waals surface area contributed by atoms with E-state index in [1.807, 2.05) is 24.3 Å². The van der Waals surface area contributed by atoms with Crippen molar-refractivity contribution >= 4 is 0 Å². The fraction of sp³-hybridized carbons (Fsp3) is 0.267. The standard InChI is InChI=1S/C15H17NO/c1-3-11-9-14(17)10-12(4-2)15(11)13-5-7-16-8-6-13/h5-10,17H,3-4H2,1-2H3. The predicted octanol–water partition coefficient (Wildman–Crippen LogP) is 3.58. The Morgan fingerprint density at radius 2 is 1.53 bits per heavy atom. The maximum atomic E-state index is 9.72. The van der Waals surface area contributed by atoms with Gasteiger partial charge in [-0.05, 0) is 59.4 Å². The van der Waals surface area contributed by atoms with Gasteiger partial charge in [-0.1, -0.05) is 13.8 Å². The van der Waals surface area contributed by atoms with Crippen LogP contribution in [0.4, 0.5) is 0 Å². The number of aromatic hydroxyl groups is 1. The van der Waals surface area contributed by atoms with E-state index in [9.17, 15) is 5.11 Å². The highest BCUT2D eigenvalue weighted by Gasteiger charge is 2.10. The van der Waals surface area contributed by atoms with Gasteiger partial charge < -0.3 is 5.11 Å². The third-order valence-electron chi connectivity index (χ3n) is 3.02. The zero-order valence-electron chi connectivity index (χ0n) is 10.3. The number of rotatable bonds is 3. The molecule has 1 aromatic heterocycles. The highest BCUT2D eigenvalue weighted by atomic mass is 16.3. The van der Waals surface area contributed by atoms with Gasteiger partial charge in [-0.2, -0.15) is 0 Å². The minimum Gasteiger partial charge on any atom is -0.508 e. The number of aromatic nitrogens is 1. The fourth-order valence-electron chi connectivity index (χ4n) is 2.20. The van der Waals surface area contributed by atoms with Crippen molar-refractivity contribution in [1.82, 2.24) is 4.98 Å². The molecule has 0 saturated carbocycles. The van der Waals surface area contributed by atoms with Crippen molar-refractivity contribution in [2.24, 2.45) is 0 Å². The predicted molar refractivity (Wildman–Crippen MR) is 70.1 cm³/mol. The molecular weight excluding hydrogens is 210 g/mol. The van der Waals surface area contributed by atoms with Gasteiger partial charge in [0.2, 0.25) is 0 Å². The summed E-state index contributed by atoms with van der Waals surface area (Å²) >= 11 is 0. The van der Waals surface area contributed by atoms with Crippen LogP contribution in [0.1, 0.15) is 25.0 Å². The zero-order chi connectivity index (χ0) is 12.3. The van der Waals surface area contributed by atoms with Crippen LogP contribution in [0.15, 0.2) is 36.7 Å². The molecule has 17 heavy (non-hydrogen) atoms. The van der Waals surface area contributed by atoms with E-state index in [1.54, 1.807) is 12.4 Å². The van der Waals surface area contributed by atoms with Gasteiger partial charge in [-0.15, -0.1) is 0 Å². The third-order valence-corrected chi connectivity index (χ3v) is 3.02. The van der Waals surface area contributed by atoms with Crippen LogP contribution in [-0.2, 0) is 12.8 Å². The molecule has 2 heteroatoms. The molecule has 0 saturated heterocycles. The summed E-state index contributed by atoms with van der Waals surface area (Å²) in [5.74, 6) is 0.358. The molecule has 2 rings (SSSR count). The van der Waals surface area contributed by atoms with Crippen molar-refractivity contribution in [2.75, 3.05) is 0 Å². The first kappa shape index (κ1) is 11.6. The van der Waals surface area contributed by atoms with Crippen LogP contribution >= 0.6 is 0 Å². The minimum atomic E-state index is 0.358. The summed E-state index contributed by atoms with van der Waals surface area (Å²) in [4.78, 5) is 4.05. The van der Waals surface area contributed by atoms with Crippen molar-refractivity contribution in [1.29, 1.82) is 0 Å². The molecule has 88 valence electrons. The Morgan fingerprint density at radius 3 is 2.00 bits per heavy atom. The van der Waals surface area contributed by atoms with Crippen LogP contribution in [0, 0.1) is 0 Å². The maximum absolute atomic E-state index is 9.72. The average Bonchev–Trinajstić information content (AvgIpc) is 2.38. The first-order valence-electron chi connectivity index (χ1n) is 6.01. The van der Waals surface area contributed by atoms with E-state index in [4.69, 9.17) is 0 Å². The highest BCUT2D eigenvalue weighted by molar-refractivity contribution is 5.72. The zero-order valence-corrected chi connectivity index (χ0v) is 10.3. The number of hydrogen-bond donors (Lipinski definition) is 1. The molecule has 0 fully saturated rings. The lowest BCUT2D eigenvalue weighted by molar-refractivity contribution is 0.474. The monoisotopic (exact) mass is 227 g/mol. The second-order valence-electron chi connectivity index (χ2n) is 4.08. The molecule has 0 amide bonds. The van der Waals surface area contributed by atoms with Crippen LogP contribution in [0.2, 0.25) is 0 Å². The molecule has 0 aliphatic carbocycles. The van der Waals surface area contributed by atoms with Crippen molar-refractivity contribution in [3.63, 3.8) is 0 Å². The fourth-order valence-corrected chi connectivity index (χ4v) is 2.20. The molecule has 2 nitrogen and oxygen atoms in total. The molecule has 0 aliphatic rings. The summed E-state index contributed by atoms with van der Waals surface area (Å²) in [5, 5.41) is 9.72. The number of hydrogen-bond acceptors (Lipinski definition) is 2. The van der Waals surface area contributed by atoms with E-state index in [1.165, 1.54) is 22.3 Å².